The fraction of sp³-hybridized carbons (Fsp3) is 0. The van der Waals surface area contributed by atoms with Gasteiger partial charge in [0, 0.05) is 31.2 Å². The summed E-state index contributed by atoms with van der Waals surface area (Å²) >= 11 is 3.42. The monoisotopic (exact) mass is 552 g/mol. The second-order valence-corrected chi connectivity index (χ2v) is 8.78. The predicted molar refractivity (Wildman–Crippen MR) is 134 cm³/mol. The Morgan fingerprint density at radius 1 is 0.844 bits per heavy atom. The molecule has 158 valence electrons. The number of rotatable bonds is 7. The minimum atomic E-state index is 0.674. The van der Waals surface area contributed by atoms with Crippen molar-refractivity contribution < 1.29 is 14.1 Å². The summed E-state index contributed by atoms with van der Waals surface area (Å²) in [6.45, 7) is 0. The molecule has 5 rings (SSSR count). The molecule has 32 heavy (non-hydrogen) atoms. The molecule has 0 radical (unpaired) electrons. The second-order valence-electron chi connectivity index (χ2n) is 6.85. The number of ether oxygens (including phenoxy) is 1. The van der Waals surface area contributed by atoms with Crippen molar-refractivity contribution in [2.24, 2.45) is 0 Å². The van der Waals surface area contributed by atoms with Crippen molar-refractivity contribution >= 4 is 45.7 Å². The smallest absolute Gasteiger partial charge is 0.180 e. The molecule has 0 bridgehead atoms. The van der Waals surface area contributed by atoms with Crippen molar-refractivity contribution in [1.29, 1.82) is 0 Å². The van der Waals surface area contributed by atoms with E-state index in [1.807, 2.05) is 97.3 Å². The van der Waals surface area contributed by atoms with Gasteiger partial charge in [0.1, 0.15) is 11.5 Å². The molecular formula is C25H17IN2O3S. The van der Waals surface area contributed by atoms with Gasteiger partial charge in [0.25, 0.3) is 0 Å². The van der Waals surface area contributed by atoms with Crippen LogP contribution < -0.4 is 9.73 Å². The van der Waals surface area contributed by atoms with Crippen LogP contribution in [-0.4, -0.2) is 9.71 Å². The van der Waals surface area contributed by atoms with E-state index in [0.29, 0.717) is 5.65 Å². The van der Waals surface area contributed by atoms with Crippen molar-refractivity contribution in [3.05, 3.63) is 107 Å². The van der Waals surface area contributed by atoms with E-state index in [0.717, 1.165) is 48.5 Å². The van der Waals surface area contributed by atoms with Gasteiger partial charge < -0.3 is 4.74 Å². The van der Waals surface area contributed by atoms with Crippen LogP contribution in [-0.2, 0) is 4.33 Å². The summed E-state index contributed by atoms with van der Waals surface area (Å²) < 4.78 is 14.0. The van der Waals surface area contributed by atoms with E-state index in [1.165, 1.54) is 4.73 Å². The lowest BCUT2D eigenvalue weighted by atomic mass is 10.1. The first-order chi connectivity index (χ1) is 15.8. The summed E-state index contributed by atoms with van der Waals surface area (Å²) in [4.78, 5) is 11.1. The first-order valence-electron chi connectivity index (χ1n) is 9.83. The zero-order chi connectivity index (χ0) is 21.8. The van der Waals surface area contributed by atoms with Crippen LogP contribution in [0.4, 0.5) is 0 Å². The minimum Gasteiger partial charge on any atom is -0.457 e. The number of nitrogens with zero attached hydrogens (tertiary/aromatic N) is 2. The lowest BCUT2D eigenvalue weighted by Gasteiger charge is -2.11. The Hall–Kier alpha value is -3.01. The molecule has 0 N–H and O–H groups in total. The van der Waals surface area contributed by atoms with Crippen LogP contribution in [0.3, 0.4) is 0 Å². The average molecular weight is 552 g/mol. The number of aromatic nitrogens is 2. The Morgan fingerprint density at radius 2 is 1.56 bits per heavy atom. The van der Waals surface area contributed by atoms with Gasteiger partial charge in [0.05, 0.1) is 18.2 Å². The molecule has 2 heterocycles. The summed E-state index contributed by atoms with van der Waals surface area (Å²) in [6, 6.07) is 29.5. The van der Waals surface area contributed by atoms with E-state index in [-0.39, 0.29) is 0 Å². The fourth-order valence-corrected chi connectivity index (χ4v) is 4.31. The standard InChI is InChI=1S/C25H17IN2O3S/c26-23-17-28(30-31-32-20-11-5-2-6-12-20)25-22(23)15-18(16-27-25)21-13-7-8-14-24(21)29-19-9-3-1-4-10-19/h1-17H. The van der Waals surface area contributed by atoms with Gasteiger partial charge in [-0.3, -0.25) is 0 Å². The van der Waals surface area contributed by atoms with Crippen molar-refractivity contribution in [1.82, 2.24) is 9.71 Å². The molecule has 0 aliphatic carbocycles. The molecular weight excluding hydrogens is 535 g/mol. The fourth-order valence-electron chi connectivity index (χ4n) is 3.22. The Bertz CT molecular complexity index is 1340. The molecule has 5 aromatic rings. The summed E-state index contributed by atoms with van der Waals surface area (Å²) in [5.74, 6) is 1.56. The van der Waals surface area contributed by atoms with Gasteiger partial charge in [-0.25, -0.2) is 9.97 Å². The predicted octanol–water partition coefficient (Wildman–Crippen LogP) is 7.17. The highest BCUT2D eigenvalue weighted by molar-refractivity contribution is 14.1. The maximum atomic E-state index is 6.12. The summed E-state index contributed by atoms with van der Waals surface area (Å²) in [5.41, 5.74) is 2.60. The number of pyridine rings is 1. The van der Waals surface area contributed by atoms with Crippen molar-refractivity contribution in [3.8, 4) is 22.6 Å². The lowest BCUT2D eigenvalue weighted by molar-refractivity contribution is -0.188. The number of hydrogen-bond donors (Lipinski definition) is 0. The number of benzene rings is 3. The van der Waals surface area contributed by atoms with Crippen LogP contribution >= 0.6 is 34.6 Å². The summed E-state index contributed by atoms with van der Waals surface area (Å²) in [7, 11) is 0. The molecule has 0 aliphatic heterocycles. The lowest BCUT2D eigenvalue weighted by Crippen LogP contribution is -2.07. The maximum Gasteiger partial charge on any atom is 0.180 e. The third-order valence-corrected chi connectivity index (χ3v) is 6.17. The highest BCUT2D eigenvalue weighted by atomic mass is 127. The van der Waals surface area contributed by atoms with Gasteiger partial charge >= 0.3 is 0 Å². The third kappa shape index (κ3) is 4.59. The maximum absolute atomic E-state index is 6.12. The molecule has 0 unspecified atom stereocenters. The zero-order valence-corrected chi connectivity index (χ0v) is 19.7. The molecule has 0 saturated carbocycles. The SMILES string of the molecule is Ic1cn(OOSc2ccccc2)c2ncc(-c3ccccc3Oc3ccccc3)cc12. The van der Waals surface area contributed by atoms with Crippen molar-refractivity contribution in [2.75, 3.05) is 0 Å². The molecule has 5 nitrogen and oxygen atoms in total. The Balaban J connectivity index is 1.41. The number of para-hydroxylation sites is 2. The van der Waals surface area contributed by atoms with Crippen LogP contribution in [0, 0.1) is 3.57 Å². The second kappa shape index (κ2) is 9.64. The van der Waals surface area contributed by atoms with Crippen molar-refractivity contribution in [3.63, 3.8) is 0 Å². The van der Waals surface area contributed by atoms with E-state index in [1.54, 1.807) is 0 Å². The molecule has 2 aromatic heterocycles. The highest BCUT2D eigenvalue weighted by Gasteiger charge is 2.14. The van der Waals surface area contributed by atoms with E-state index in [4.69, 9.17) is 14.1 Å². The number of fused-ring (bicyclic) bond motifs is 1. The van der Waals surface area contributed by atoms with Gasteiger partial charge in [0.15, 0.2) is 5.65 Å². The van der Waals surface area contributed by atoms with Crippen LogP contribution in [0.2, 0.25) is 0 Å². The molecule has 0 fully saturated rings. The molecule has 3 aromatic carbocycles. The van der Waals surface area contributed by atoms with Crippen LogP contribution in [0.25, 0.3) is 22.2 Å². The van der Waals surface area contributed by atoms with Crippen molar-refractivity contribution in [2.45, 2.75) is 4.90 Å². The van der Waals surface area contributed by atoms with Crippen LogP contribution in [0.15, 0.2) is 108 Å². The first-order valence-corrected chi connectivity index (χ1v) is 11.7. The van der Waals surface area contributed by atoms with Gasteiger partial charge in [-0.15, -0.1) is 4.73 Å². The normalized spacial score (nSPS) is 10.9. The van der Waals surface area contributed by atoms with Gasteiger partial charge in [-0.2, -0.15) is 0 Å². The Labute approximate surface area is 203 Å². The van der Waals surface area contributed by atoms with E-state index < -0.39 is 0 Å². The molecule has 0 spiro atoms. The molecule has 0 aliphatic rings. The Morgan fingerprint density at radius 3 is 2.38 bits per heavy atom. The van der Waals surface area contributed by atoms with E-state index in [2.05, 4.69) is 33.6 Å². The van der Waals surface area contributed by atoms with Crippen LogP contribution in [0.5, 0.6) is 11.5 Å². The number of hydrogen-bond acceptors (Lipinski definition) is 5. The molecule has 0 amide bonds. The molecule has 0 saturated heterocycles. The summed E-state index contributed by atoms with van der Waals surface area (Å²) in [6.07, 6.45) is 3.66. The van der Waals surface area contributed by atoms with Gasteiger partial charge in [-0.1, -0.05) is 58.9 Å². The molecule has 0 atom stereocenters. The quantitative estimate of drug-likeness (QED) is 0.0928. The largest absolute Gasteiger partial charge is 0.457 e. The highest BCUT2D eigenvalue weighted by Crippen LogP contribution is 2.35. The van der Waals surface area contributed by atoms with E-state index in [9.17, 15) is 0 Å². The first kappa shape index (κ1) is 20.9. The average Bonchev–Trinajstić information content (AvgIpc) is 3.15. The molecule has 7 heteroatoms. The minimum absolute atomic E-state index is 0.674. The Kier molecular flexibility index (Phi) is 6.29. The number of halogens is 1. The van der Waals surface area contributed by atoms with Gasteiger partial charge in [-0.05, 0) is 59.0 Å². The van der Waals surface area contributed by atoms with E-state index >= 15 is 0 Å². The third-order valence-electron chi connectivity index (χ3n) is 4.72. The zero-order valence-electron chi connectivity index (χ0n) is 16.7. The topological polar surface area (TPSA) is 45.5 Å². The van der Waals surface area contributed by atoms with Gasteiger partial charge in [0.2, 0.25) is 0 Å². The summed E-state index contributed by atoms with van der Waals surface area (Å²) in [5, 5.41) is 0.964. The van der Waals surface area contributed by atoms with Crippen LogP contribution in [0.1, 0.15) is 0 Å².